The Kier molecular flexibility index (Phi) is 3.87. The van der Waals surface area contributed by atoms with Crippen molar-refractivity contribution in [1.29, 1.82) is 0 Å². The Hall–Kier alpha value is -0.880. The van der Waals surface area contributed by atoms with Crippen LogP contribution in [0.3, 0.4) is 0 Å². The predicted molar refractivity (Wildman–Crippen MR) is 58.0 cm³/mol. The highest BCUT2D eigenvalue weighted by Gasteiger charge is 2.17. The van der Waals surface area contributed by atoms with Crippen molar-refractivity contribution in [2.45, 2.75) is 44.7 Å². The molecule has 86 valence electrons. The molecule has 0 saturated heterocycles. The number of sulfonamides is 1. The van der Waals surface area contributed by atoms with E-state index in [4.69, 9.17) is 0 Å². The first-order valence-corrected chi connectivity index (χ1v) is 6.52. The average molecular weight is 231 g/mol. The van der Waals surface area contributed by atoms with Crippen molar-refractivity contribution < 1.29 is 8.42 Å². The fourth-order valence-corrected chi connectivity index (χ4v) is 2.35. The Bertz CT molecular complexity index is 411. The van der Waals surface area contributed by atoms with Gasteiger partial charge in [-0.2, -0.15) is 5.10 Å². The maximum Gasteiger partial charge on any atom is 0.243 e. The maximum absolute atomic E-state index is 11.8. The largest absolute Gasteiger partial charge is 0.272 e. The summed E-state index contributed by atoms with van der Waals surface area (Å²) in [6, 6.07) is -0.0556. The van der Waals surface area contributed by atoms with Gasteiger partial charge in [0.1, 0.15) is 4.90 Å². The molecular formula is C9H17N3O2S. The second-order valence-corrected chi connectivity index (χ2v) is 5.18. The summed E-state index contributed by atoms with van der Waals surface area (Å²) in [5.74, 6) is 0. The Labute approximate surface area is 90.5 Å². The van der Waals surface area contributed by atoms with Crippen LogP contribution in [-0.4, -0.2) is 24.2 Å². The fourth-order valence-electron chi connectivity index (χ4n) is 1.07. The van der Waals surface area contributed by atoms with E-state index in [1.165, 1.54) is 12.4 Å². The molecule has 5 nitrogen and oxygen atoms in total. The van der Waals surface area contributed by atoms with Gasteiger partial charge in [-0.15, -0.1) is 0 Å². The van der Waals surface area contributed by atoms with Crippen LogP contribution in [0.5, 0.6) is 0 Å². The smallest absolute Gasteiger partial charge is 0.243 e. The van der Waals surface area contributed by atoms with E-state index in [0.717, 1.165) is 6.42 Å². The van der Waals surface area contributed by atoms with E-state index in [1.54, 1.807) is 4.68 Å². The molecule has 0 aliphatic carbocycles. The van der Waals surface area contributed by atoms with Gasteiger partial charge in [-0.25, -0.2) is 13.1 Å². The summed E-state index contributed by atoms with van der Waals surface area (Å²) >= 11 is 0. The maximum atomic E-state index is 11.8. The van der Waals surface area contributed by atoms with E-state index in [9.17, 15) is 8.42 Å². The van der Waals surface area contributed by atoms with Crippen molar-refractivity contribution in [2.75, 3.05) is 0 Å². The lowest BCUT2D eigenvalue weighted by Gasteiger charge is -2.10. The summed E-state index contributed by atoms with van der Waals surface area (Å²) in [5, 5.41) is 3.93. The highest BCUT2D eigenvalue weighted by Crippen LogP contribution is 2.08. The summed E-state index contributed by atoms with van der Waals surface area (Å²) in [6.07, 6.45) is 3.67. The molecular weight excluding hydrogens is 214 g/mol. The Balaban J connectivity index is 2.86. The lowest BCUT2D eigenvalue weighted by atomic mass is 10.3. The lowest BCUT2D eigenvalue weighted by molar-refractivity contribution is 0.555. The van der Waals surface area contributed by atoms with Gasteiger partial charge in [0.25, 0.3) is 0 Å². The van der Waals surface area contributed by atoms with Crippen LogP contribution in [0, 0.1) is 0 Å². The van der Waals surface area contributed by atoms with Gasteiger partial charge in [-0.1, -0.05) is 6.92 Å². The van der Waals surface area contributed by atoms with Gasteiger partial charge in [0.05, 0.1) is 6.20 Å². The molecule has 0 aliphatic rings. The van der Waals surface area contributed by atoms with Gasteiger partial charge in [0.2, 0.25) is 10.0 Å². The minimum Gasteiger partial charge on any atom is -0.272 e. The van der Waals surface area contributed by atoms with Crippen LogP contribution >= 0.6 is 0 Å². The van der Waals surface area contributed by atoms with Gasteiger partial charge >= 0.3 is 0 Å². The Morgan fingerprint density at radius 2 is 2.20 bits per heavy atom. The van der Waals surface area contributed by atoms with Crippen molar-refractivity contribution in [1.82, 2.24) is 14.5 Å². The zero-order valence-corrected chi connectivity index (χ0v) is 10.1. The molecule has 1 rings (SSSR count). The van der Waals surface area contributed by atoms with E-state index < -0.39 is 10.0 Å². The number of aromatic nitrogens is 2. The molecule has 0 radical (unpaired) electrons. The number of rotatable bonds is 5. The fraction of sp³-hybridized carbons (Fsp3) is 0.667. The van der Waals surface area contributed by atoms with Crippen molar-refractivity contribution in [3.63, 3.8) is 0 Å². The molecule has 0 amide bonds. The monoisotopic (exact) mass is 231 g/mol. The summed E-state index contributed by atoms with van der Waals surface area (Å²) in [4.78, 5) is 0.227. The first kappa shape index (κ1) is 12.2. The molecule has 0 spiro atoms. The molecule has 1 aromatic heterocycles. The van der Waals surface area contributed by atoms with E-state index in [2.05, 4.69) is 9.82 Å². The van der Waals surface area contributed by atoms with E-state index in [-0.39, 0.29) is 10.9 Å². The number of hydrogen-bond donors (Lipinski definition) is 1. The predicted octanol–water partition coefficient (Wildman–Crippen LogP) is 0.980. The van der Waals surface area contributed by atoms with E-state index in [1.807, 2.05) is 20.8 Å². The van der Waals surface area contributed by atoms with Crippen LogP contribution in [0.25, 0.3) is 0 Å². The second-order valence-electron chi connectivity index (χ2n) is 3.46. The first-order chi connectivity index (χ1) is 6.99. The van der Waals surface area contributed by atoms with Crippen molar-refractivity contribution in [3.05, 3.63) is 12.4 Å². The molecule has 0 saturated carbocycles. The molecule has 1 aromatic rings. The van der Waals surface area contributed by atoms with Gasteiger partial charge < -0.3 is 0 Å². The summed E-state index contributed by atoms with van der Waals surface area (Å²) in [5.41, 5.74) is 0. The van der Waals surface area contributed by atoms with Crippen LogP contribution in [0.4, 0.5) is 0 Å². The normalized spacial score (nSPS) is 14.1. The average Bonchev–Trinajstić information content (AvgIpc) is 2.65. The second kappa shape index (κ2) is 4.76. The van der Waals surface area contributed by atoms with Crippen LogP contribution < -0.4 is 4.72 Å². The van der Waals surface area contributed by atoms with Gasteiger partial charge in [-0.05, 0) is 20.3 Å². The highest BCUT2D eigenvalue weighted by molar-refractivity contribution is 7.89. The van der Waals surface area contributed by atoms with Crippen LogP contribution in [0.1, 0.15) is 27.2 Å². The van der Waals surface area contributed by atoms with Gasteiger partial charge in [0, 0.05) is 18.8 Å². The molecule has 0 aromatic carbocycles. The molecule has 6 heteroatoms. The molecule has 0 aliphatic heterocycles. The zero-order chi connectivity index (χ0) is 11.5. The van der Waals surface area contributed by atoms with Gasteiger partial charge in [-0.3, -0.25) is 4.68 Å². The molecule has 1 heterocycles. The lowest BCUT2D eigenvalue weighted by Crippen LogP contribution is -2.31. The third kappa shape index (κ3) is 3.04. The van der Waals surface area contributed by atoms with Crippen LogP contribution in [0.15, 0.2) is 17.3 Å². The summed E-state index contributed by atoms with van der Waals surface area (Å²) in [7, 11) is -3.39. The standard InChI is InChI=1S/C9H17N3O2S/c1-4-8(3)11-15(13,14)9-6-10-12(5-2)7-9/h6-8,11H,4-5H2,1-3H3. The molecule has 1 N–H and O–H groups in total. The summed E-state index contributed by atoms with van der Waals surface area (Å²) in [6.45, 7) is 6.34. The Morgan fingerprint density at radius 3 is 2.67 bits per heavy atom. The molecule has 1 atom stereocenters. The highest BCUT2D eigenvalue weighted by atomic mass is 32.2. The SMILES string of the molecule is CCC(C)NS(=O)(=O)c1cnn(CC)c1. The van der Waals surface area contributed by atoms with E-state index >= 15 is 0 Å². The third-order valence-corrected chi connectivity index (χ3v) is 3.76. The van der Waals surface area contributed by atoms with E-state index in [0.29, 0.717) is 6.54 Å². The van der Waals surface area contributed by atoms with Crippen molar-refractivity contribution in [2.24, 2.45) is 0 Å². The first-order valence-electron chi connectivity index (χ1n) is 5.04. The van der Waals surface area contributed by atoms with Crippen molar-refractivity contribution in [3.8, 4) is 0 Å². The zero-order valence-electron chi connectivity index (χ0n) is 9.27. The number of nitrogens with zero attached hydrogens (tertiary/aromatic N) is 2. The number of nitrogens with one attached hydrogen (secondary N) is 1. The molecule has 1 unspecified atom stereocenters. The Morgan fingerprint density at radius 1 is 1.53 bits per heavy atom. The quantitative estimate of drug-likeness (QED) is 0.821. The molecule has 0 bridgehead atoms. The molecule has 0 fully saturated rings. The summed E-state index contributed by atoms with van der Waals surface area (Å²) < 4.78 is 27.7. The number of hydrogen-bond acceptors (Lipinski definition) is 3. The van der Waals surface area contributed by atoms with Crippen LogP contribution in [0.2, 0.25) is 0 Å². The number of aryl methyl sites for hydroxylation is 1. The molecule has 15 heavy (non-hydrogen) atoms. The van der Waals surface area contributed by atoms with Crippen LogP contribution in [-0.2, 0) is 16.6 Å². The minimum absolute atomic E-state index is 0.0556. The van der Waals surface area contributed by atoms with Crippen molar-refractivity contribution >= 4 is 10.0 Å². The minimum atomic E-state index is -3.39. The topological polar surface area (TPSA) is 64.0 Å². The van der Waals surface area contributed by atoms with Gasteiger partial charge in [0.15, 0.2) is 0 Å². The third-order valence-electron chi connectivity index (χ3n) is 2.21.